The van der Waals surface area contributed by atoms with E-state index in [1.54, 1.807) is 18.3 Å². The van der Waals surface area contributed by atoms with Crippen molar-refractivity contribution >= 4 is 46.3 Å². The number of halogens is 2. The van der Waals surface area contributed by atoms with Gasteiger partial charge in [-0.25, -0.2) is 0 Å². The van der Waals surface area contributed by atoms with E-state index in [1.807, 2.05) is 12.1 Å². The number of amidine groups is 1. The smallest absolute Gasteiger partial charge is 0.180 e. The van der Waals surface area contributed by atoms with Crippen molar-refractivity contribution < 1.29 is 0 Å². The molecule has 0 aliphatic heterocycles. The zero-order valence-electron chi connectivity index (χ0n) is 12.0. The first-order chi connectivity index (χ1) is 10.5. The summed E-state index contributed by atoms with van der Waals surface area (Å²) in [7, 11) is 0. The van der Waals surface area contributed by atoms with E-state index in [0.29, 0.717) is 15.2 Å². The molecule has 6 heteroatoms. The lowest BCUT2D eigenvalue weighted by molar-refractivity contribution is 1.25. The number of benzene rings is 2. The van der Waals surface area contributed by atoms with Gasteiger partial charge in [0.25, 0.3) is 0 Å². The topological polar surface area (TPSA) is 50.7 Å². The molecule has 0 aromatic heterocycles. The molecule has 0 saturated carbocycles. The predicted molar refractivity (Wildman–Crippen MR) is 98.2 cm³/mol. The average molecular weight is 352 g/mol. The molecule has 2 N–H and O–H groups in total. The van der Waals surface area contributed by atoms with Crippen LogP contribution in [-0.2, 0) is 5.75 Å². The Morgan fingerprint density at radius 3 is 2.73 bits per heavy atom. The molecule has 0 spiro atoms. The van der Waals surface area contributed by atoms with Gasteiger partial charge in [-0.15, -0.1) is 5.10 Å². The summed E-state index contributed by atoms with van der Waals surface area (Å²) in [5.41, 5.74) is 9.08. The van der Waals surface area contributed by atoms with Gasteiger partial charge in [0.05, 0.1) is 16.3 Å². The van der Waals surface area contributed by atoms with Gasteiger partial charge in [-0.05, 0) is 30.2 Å². The summed E-state index contributed by atoms with van der Waals surface area (Å²) < 4.78 is 0. The Morgan fingerprint density at radius 1 is 1.18 bits per heavy atom. The van der Waals surface area contributed by atoms with Crippen LogP contribution in [0.25, 0.3) is 0 Å². The minimum atomic E-state index is 0.415. The van der Waals surface area contributed by atoms with Crippen molar-refractivity contribution in [2.75, 3.05) is 0 Å². The van der Waals surface area contributed by atoms with Crippen molar-refractivity contribution in [1.29, 1.82) is 0 Å². The molecule has 0 heterocycles. The van der Waals surface area contributed by atoms with Crippen LogP contribution in [0, 0.1) is 6.92 Å². The molecule has 2 aromatic carbocycles. The summed E-state index contributed by atoms with van der Waals surface area (Å²) in [6, 6.07) is 13.5. The highest BCUT2D eigenvalue weighted by Crippen LogP contribution is 2.21. The molecule has 0 unspecified atom stereocenters. The molecule has 2 rings (SSSR count). The number of hydrogen-bond donors (Lipinski definition) is 1. The molecular formula is C16H15Cl2N3S. The minimum absolute atomic E-state index is 0.415. The molecule has 114 valence electrons. The highest BCUT2D eigenvalue weighted by molar-refractivity contribution is 8.13. The maximum Gasteiger partial charge on any atom is 0.180 e. The molecular weight excluding hydrogens is 337 g/mol. The molecule has 0 amide bonds. The number of nitrogens with two attached hydrogens (primary N) is 1. The van der Waals surface area contributed by atoms with E-state index in [1.165, 1.54) is 22.9 Å². The summed E-state index contributed by atoms with van der Waals surface area (Å²) >= 11 is 13.2. The fraction of sp³-hybridized carbons (Fsp3) is 0.125. The highest BCUT2D eigenvalue weighted by atomic mass is 35.5. The third-order valence-electron chi connectivity index (χ3n) is 2.78. The van der Waals surface area contributed by atoms with Crippen LogP contribution in [0.1, 0.15) is 16.7 Å². The first-order valence-corrected chi connectivity index (χ1v) is 8.28. The van der Waals surface area contributed by atoms with Crippen LogP contribution in [0.2, 0.25) is 10.0 Å². The molecule has 22 heavy (non-hydrogen) atoms. The standard InChI is InChI=1S/C16H15Cl2N3S/c1-11-3-2-4-13(7-11)10-22-16(19)21-20-9-12-5-6-14(17)15(18)8-12/h2-9H,10H2,1H3,(H2,19,21)/b20-9+. The second-order valence-corrected chi connectivity index (χ2v) is 6.44. The number of nitrogens with zero attached hydrogens (tertiary/aromatic N) is 2. The van der Waals surface area contributed by atoms with Gasteiger partial charge in [-0.3, -0.25) is 0 Å². The van der Waals surface area contributed by atoms with Crippen LogP contribution in [0.5, 0.6) is 0 Å². The third-order valence-corrected chi connectivity index (χ3v) is 4.37. The summed E-state index contributed by atoms with van der Waals surface area (Å²) in [6.07, 6.45) is 1.59. The summed E-state index contributed by atoms with van der Waals surface area (Å²) in [5, 5.41) is 9.32. The minimum Gasteiger partial charge on any atom is -0.377 e. The molecule has 3 nitrogen and oxygen atoms in total. The van der Waals surface area contributed by atoms with Crippen molar-refractivity contribution in [2.24, 2.45) is 15.9 Å². The number of rotatable bonds is 4. The Morgan fingerprint density at radius 2 is 2.00 bits per heavy atom. The van der Waals surface area contributed by atoms with Gasteiger partial charge < -0.3 is 5.73 Å². The van der Waals surface area contributed by atoms with Crippen molar-refractivity contribution in [3.63, 3.8) is 0 Å². The van der Waals surface area contributed by atoms with E-state index in [4.69, 9.17) is 28.9 Å². The van der Waals surface area contributed by atoms with Crippen LogP contribution >= 0.6 is 35.0 Å². The fourth-order valence-corrected chi connectivity index (χ4v) is 2.64. The van der Waals surface area contributed by atoms with Gasteiger partial charge >= 0.3 is 0 Å². The van der Waals surface area contributed by atoms with Crippen LogP contribution < -0.4 is 5.73 Å². The van der Waals surface area contributed by atoms with E-state index in [9.17, 15) is 0 Å². The Bertz CT molecular complexity index is 714. The lowest BCUT2D eigenvalue weighted by atomic mass is 10.2. The van der Waals surface area contributed by atoms with Crippen molar-refractivity contribution in [3.8, 4) is 0 Å². The first kappa shape index (κ1) is 16.9. The third kappa shape index (κ3) is 5.37. The summed E-state index contributed by atoms with van der Waals surface area (Å²) in [4.78, 5) is 0. The first-order valence-electron chi connectivity index (χ1n) is 6.54. The Hall–Kier alpha value is -1.49. The molecule has 0 aliphatic rings. The van der Waals surface area contributed by atoms with Crippen LogP contribution in [-0.4, -0.2) is 11.4 Å². The van der Waals surface area contributed by atoms with E-state index in [2.05, 4.69) is 35.3 Å². The monoisotopic (exact) mass is 351 g/mol. The quantitative estimate of drug-likeness (QED) is 0.484. The second-order valence-electron chi connectivity index (χ2n) is 4.63. The zero-order valence-corrected chi connectivity index (χ0v) is 14.3. The van der Waals surface area contributed by atoms with Crippen LogP contribution in [0.4, 0.5) is 0 Å². The van der Waals surface area contributed by atoms with Gasteiger partial charge in [0.1, 0.15) is 0 Å². The molecule has 0 aliphatic carbocycles. The van der Waals surface area contributed by atoms with E-state index in [0.717, 1.165) is 11.3 Å². The van der Waals surface area contributed by atoms with Crippen LogP contribution in [0.3, 0.4) is 0 Å². The van der Waals surface area contributed by atoms with Crippen molar-refractivity contribution in [3.05, 3.63) is 69.2 Å². The van der Waals surface area contributed by atoms with Gasteiger partial charge in [0.15, 0.2) is 5.17 Å². The molecule has 2 aromatic rings. The van der Waals surface area contributed by atoms with Crippen molar-refractivity contribution in [2.45, 2.75) is 12.7 Å². The largest absolute Gasteiger partial charge is 0.377 e. The summed E-state index contributed by atoms with van der Waals surface area (Å²) in [5.74, 6) is 0.763. The fourth-order valence-electron chi connectivity index (χ4n) is 1.73. The Labute approximate surface area is 144 Å². The number of hydrogen-bond acceptors (Lipinski definition) is 3. The molecule has 0 saturated heterocycles. The van der Waals surface area contributed by atoms with Crippen molar-refractivity contribution in [1.82, 2.24) is 0 Å². The average Bonchev–Trinajstić information content (AvgIpc) is 2.49. The van der Waals surface area contributed by atoms with Gasteiger partial charge in [0.2, 0.25) is 0 Å². The van der Waals surface area contributed by atoms with Crippen LogP contribution in [0.15, 0.2) is 52.7 Å². The molecule has 0 fully saturated rings. The van der Waals surface area contributed by atoms with Gasteiger partial charge in [0, 0.05) is 5.75 Å². The van der Waals surface area contributed by atoms with Gasteiger partial charge in [-0.2, -0.15) is 5.10 Å². The predicted octanol–water partition coefficient (Wildman–Crippen LogP) is 4.88. The highest BCUT2D eigenvalue weighted by Gasteiger charge is 1.98. The summed E-state index contributed by atoms with van der Waals surface area (Å²) in [6.45, 7) is 2.06. The second kappa shape index (κ2) is 8.22. The molecule has 0 radical (unpaired) electrons. The molecule has 0 atom stereocenters. The molecule has 0 bridgehead atoms. The lowest BCUT2D eigenvalue weighted by Crippen LogP contribution is -2.06. The van der Waals surface area contributed by atoms with E-state index in [-0.39, 0.29) is 0 Å². The number of aryl methyl sites for hydroxylation is 1. The zero-order chi connectivity index (χ0) is 15.9. The lowest BCUT2D eigenvalue weighted by Gasteiger charge is -2.01. The SMILES string of the molecule is Cc1cccc(CS/C(N)=N/N=C/c2ccc(Cl)c(Cl)c2)c1. The maximum atomic E-state index is 5.93. The maximum absolute atomic E-state index is 5.93. The Balaban J connectivity index is 1.91. The normalized spacial score (nSPS) is 12.0. The van der Waals surface area contributed by atoms with Gasteiger partial charge in [-0.1, -0.05) is 70.9 Å². The van der Waals surface area contributed by atoms with E-state index >= 15 is 0 Å². The number of thioether (sulfide) groups is 1. The Kier molecular flexibility index (Phi) is 6.31. The van der Waals surface area contributed by atoms with E-state index < -0.39 is 0 Å².